The number of carbonyl (C=O) groups is 1. The molecule has 1 saturated heterocycles. The standard InChI is InChI=1S/C24H21FN4O2/c1-28-23(14-4-2-5-16(25)10-14)18-12-17-6-3-7-20(22(18)27-28)29(17)24(30)15-11-21-19(26-13-15)8-9-31-21/h2,4-5,8-11,13,17,20H,3,6-7,12H2,1H3/t17-,20+/m0/s1. The first-order valence-corrected chi connectivity index (χ1v) is 10.6. The molecule has 2 aliphatic rings. The maximum atomic E-state index is 13.9. The van der Waals surface area contributed by atoms with Crippen LogP contribution < -0.4 is 0 Å². The molecule has 31 heavy (non-hydrogen) atoms. The molecule has 156 valence electrons. The van der Waals surface area contributed by atoms with Crippen LogP contribution in [0.2, 0.25) is 0 Å². The van der Waals surface area contributed by atoms with E-state index in [2.05, 4.69) is 4.98 Å². The third-order valence-corrected chi connectivity index (χ3v) is 6.56. The Morgan fingerprint density at radius 2 is 2.13 bits per heavy atom. The van der Waals surface area contributed by atoms with Crippen LogP contribution in [0.25, 0.3) is 22.4 Å². The third kappa shape index (κ3) is 2.80. The number of furan rings is 1. The van der Waals surface area contributed by atoms with Crippen LogP contribution in [0.5, 0.6) is 0 Å². The maximum absolute atomic E-state index is 13.9. The van der Waals surface area contributed by atoms with Crippen molar-refractivity contribution in [3.8, 4) is 11.3 Å². The van der Waals surface area contributed by atoms with Crippen LogP contribution in [0.3, 0.4) is 0 Å². The van der Waals surface area contributed by atoms with Crippen molar-refractivity contribution in [2.24, 2.45) is 7.05 Å². The minimum Gasteiger partial charge on any atom is -0.463 e. The fraction of sp³-hybridized carbons (Fsp3) is 0.292. The van der Waals surface area contributed by atoms with Gasteiger partial charge >= 0.3 is 0 Å². The second-order valence-corrected chi connectivity index (χ2v) is 8.39. The molecule has 2 bridgehead atoms. The van der Waals surface area contributed by atoms with Crippen molar-refractivity contribution in [2.75, 3.05) is 0 Å². The number of carbonyl (C=O) groups excluding carboxylic acids is 1. The zero-order valence-corrected chi connectivity index (χ0v) is 17.1. The zero-order valence-electron chi connectivity index (χ0n) is 17.1. The molecule has 6 nitrogen and oxygen atoms in total. The van der Waals surface area contributed by atoms with E-state index < -0.39 is 0 Å². The highest BCUT2D eigenvalue weighted by atomic mass is 19.1. The van der Waals surface area contributed by atoms with Crippen LogP contribution in [-0.2, 0) is 13.5 Å². The van der Waals surface area contributed by atoms with Crippen molar-refractivity contribution < 1.29 is 13.6 Å². The molecule has 7 heteroatoms. The summed E-state index contributed by atoms with van der Waals surface area (Å²) >= 11 is 0. The lowest BCUT2D eigenvalue weighted by molar-refractivity contribution is 0.0391. The number of fused-ring (bicyclic) bond motifs is 5. The zero-order chi connectivity index (χ0) is 21.1. The van der Waals surface area contributed by atoms with Crippen molar-refractivity contribution >= 4 is 17.0 Å². The molecule has 2 aliphatic heterocycles. The van der Waals surface area contributed by atoms with Crippen LogP contribution in [0, 0.1) is 5.82 Å². The summed E-state index contributed by atoms with van der Waals surface area (Å²) in [6, 6.07) is 10.2. The Morgan fingerprint density at radius 1 is 1.23 bits per heavy atom. The van der Waals surface area contributed by atoms with E-state index >= 15 is 0 Å². The average molecular weight is 416 g/mol. The largest absolute Gasteiger partial charge is 0.463 e. The third-order valence-electron chi connectivity index (χ3n) is 6.56. The number of halogens is 1. The van der Waals surface area contributed by atoms with Gasteiger partial charge in [-0.2, -0.15) is 5.10 Å². The molecule has 0 unspecified atom stereocenters. The van der Waals surface area contributed by atoms with Crippen LogP contribution in [0.15, 0.2) is 53.3 Å². The molecular formula is C24H21FN4O2. The Bertz CT molecular complexity index is 1320. The Morgan fingerprint density at radius 3 is 3.00 bits per heavy atom. The minimum atomic E-state index is -0.263. The minimum absolute atomic E-state index is 0.0379. The monoisotopic (exact) mass is 416 g/mol. The number of nitrogens with zero attached hydrogens (tertiary/aromatic N) is 4. The summed E-state index contributed by atoms with van der Waals surface area (Å²) in [5.74, 6) is -0.301. The first-order valence-electron chi connectivity index (χ1n) is 10.6. The number of amides is 1. The Labute approximate surface area is 178 Å². The lowest BCUT2D eigenvalue weighted by Gasteiger charge is -2.45. The Kier molecular flexibility index (Phi) is 4.00. The van der Waals surface area contributed by atoms with Crippen molar-refractivity contribution in [1.29, 1.82) is 0 Å². The summed E-state index contributed by atoms with van der Waals surface area (Å²) < 4.78 is 21.2. The van der Waals surface area contributed by atoms with Crippen molar-refractivity contribution in [3.63, 3.8) is 0 Å². The normalized spacial score (nSPS) is 20.1. The number of benzene rings is 1. The number of piperidine rings is 1. The van der Waals surface area contributed by atoms with Gasteiger partial charge in [-0.1, -0.05) is 12.1 Å². The summed E-state index contributed by atoms with van der Waals surface area (Å²) in [5.41, 5.74) is 5.70. The molecule has 0 N–H and O–H groups in total. The smallest absolute Gasteiger partial charge is 0.256 e. The molecule has 1 amide bonds. The van der Waals surface area contributed by atoms with E-state index in [4.69, 9.17) is 9.52 Å². The van der Waals surface area contributed by atoms with E-state index in [1.54, 1.807) is 36.7 Å². The van der Waals surface area contributed by atoms with E-state index in [-0.39, 0.29) is 23.8 Å². The van der Waals surface area contributed by atoms with Gasteiger partial charge in [0.2, 0.25) is 0 Å². The summed E-state index contributed by atoms with van der Waals surface area (Å²) in [7, 11) is 1.89. The highest BCUT2D eigenvalue weighted by Crippen LogP contribution is 2.45. The topological polar surface area (TPSA) is 64.2 Å². The lowest BCUT2D eigenvalue weighted by Crippen LogP contribution is -2.49. The van der Waals surface area contributed by atoms with Gasteiger partial charge in [-0.25, -0.2) is 4.39 Å². The number of aryl methyl sites for hydroxylation is 1. The molecule has 1 fully saturated rings. The number of hydrogen-bond acceptors (Lipinski definition) is 4. The van der Waals surface area contributed by atoms with Crippen molar-refractivity contribution in [2.45, 2.75) is 37.8 Å². The number of hydrogen-bond donors (Lipinski definition) is 0. The fourth-order valence-corrected chi connectivity index (χ4v) is 5.26. The molecule has 0 aliphatic carbocycles. The highest BCUT2D eigenvalue weighted by Gasteiger charge is 2.43. The molecule has 1 aromatic carbocycles. The van der Waals surface area contributed by atoms with Crippen LogP contribution in [0.4, 0.5) is 4.39 Å². The molecule has 3 aromatic heterocycles. The van der Waals surface area contributed by atoms with E-state index in [1.807, 2.05) is 22.7 Å². The van der Waals surface area contributed by atoms with Crippen LogP contribution in [0.1, 0.15) is 46.9 Å². The van der Waals surface area contributed by atoms with Gasteiger partial charge in [0.15, 0.2) is 5.58 Å². The van der Waals surface area contributed by atoms with Gasteiger partial charge in [-0.15, -0.1) is 0 Å². The number of aromatic nitrogens is 3. The molecular weight excluding hydrogens is 395 g/mol. The lowest BCUT2D eigenvalue weighted by atomic mass is 9.81. The Hall–Kier alpha value is -3.48. The van der Waals surface area contributed by atoms with E-state index in [9.17, 15) is 9.18 Å². The van der Waals surface area contributed by atoms with E-state index in [0.29, 0.717) is 17.6 Å². The quantitative estimate of drug-likeness (QED) is 0.477. The second kappa shape index (κ2) is 6.77. The summed E-state index contributed by atoms with van der Waals surface area (Å²) in [5, 5.41) is 4.81. The van der Waals surface area contributed by atoms with E-state index in [0.717, 1.165) is 47.3 Å². The van der Waals surface area contributed by atoms with Crippen molar-refractivity contribution in [3.05, 3.63) is 71.5 Å². The molecule has 6 rings (SSSR count). The van der Waals surface area contributed by atoms with Gasteiger partial charge in [-0.3, -0.25) is 14.5 Å². The van der Waals surface area contributed by atoms with Gasteiger partial charge in [0.25, 0.3) is 5.91 Å². The van der Waals surface area contributed by atoms with Crippen molar-refractivity contribution in [1.82, 2.24) is 19.7 Å². The summed E-state index contributed by atoms with van der Waals surface area (Å²) in [6.45, 7) is 0. The molecule has 0 spiro atoms. The first-order chi connectivity index (χ1) is 15.1. The van der Waals surface area contributed by atoms with Crippen LogP contribution in [-0.4, -0.2) is 31.6 Å². The second-order valence-electron chi connectivity index (χ2n) is 8.39. The Balaban J connectivity index is 1.43. The maximum Gasteiger partial charge on any atom is 0.256 e. The van der Waals surface area contributed by atoms with Gasteiger partial charge in [0.05, 0.1) is 29.3 Å². The predicted octanol–water partition coefficient (Wildman–Crippen LogP) is 4.66. The highest BCUT2D eigenvalue weighted by molar-refractivity contribution is 5.97. The van der Waals surface area contributed by atoms with Gasteiger partial charge in [0, 0.05) is 36.5 Å². The predicted molar refractivity (Wildman–Crippen MR) is 113 cm³/mol. The molecule has 2 atom stereocenters. The molecule has 0 radical (unpaired) electrons. The first kappa shape index (κ1) is 18.3. The molecule has 0 saturated carbocycles. The summed E-state index contributed by atoms with van der Waals surface area (Å²) in [4.78, 5) is 19.9. The van der Waals surface area contributed by atoms with Gasteiger partial charge in [-0.05, 0) is 43.9 Å². The molecule has 5 heterocycles. The van der Waals surface area contributed by atoms with Gasteiger partial charge in [0.1, 0.15) is 11.3 Å². The number of pyridine rings is 1. The summed E-state index contributed by atoms with van der Waals surface area (Å²) in [6.07, 6.45) is 6.78. The van der Waals surface area contributed by atoms with E-state index in [1.165, 1.54) is 6.07 Å². The fourth-order valence-electron chi connectivity index (χ4n) is 5.26. The van der Waals surface area contributed by atoms with Crippen LogP contribution >= 0.6 is 0 Å². The number of rotatable bonds is 2. The molecule has 4 aromatic rings. The average Bonchev–Trinajstić information content (AvgIpc) is 3.36. The SMILES string of the molecule is Cn1nc2c(c1-c1cccc(F)c1)C[C@@H]1CCC[C@H]2N1C(=O)c1cnc2ccoc2c1. The van der Waals surface area contributed by atoms with Gasteiger partial charge < -0.3 is 9.32 Å².